The zero-order valence-electron chi connectivity index (χ0n) is 38.3. The zero-order valence-corrected chi connectivity index (χ0v) is 38.3. The van der Waals surface area contributed by atoms with Crippen LogP contribution in [0.5, 0.6) is 0 Å². The summed E-state index contributed by atoms with van der Waals surface area (Å²) in [6.07, 6.45) is 13.4. The van der Waals surface area contributed by atoms with Crippen LogP contribution >= 0.6 is 0 Å². The second kappa shape index (κ2) is 18.4. The largest absolute Gasteiger partial charge is 0.478 e. The molecular weight excluding hydrogens is 843 g/mol. The number of carbonyl (C=O) groups is 4. The van der Waals surface area contributed by atoms with E-state index in [-0.39, 0.29) is 24.3 Å². The number of piperazine rings is 1. The number of anilines is 2. The van der Waals surface area contributed by atoms with Gasteiger partial charge in [0.25, 0.3) is 5.91 Å². The summed E-state index contributed by atoms with van der Waals surface area (Å²) in [6.45, 7) is 9.61. The summed E-state index contributed by atoms with van der Waals surface area (Å²) >= 11 is 0. The van der Waals surface area contributed by atoms with Gasteiger partial charge in [-0.05, 0) is 117 Å². The summed E-state index contributed by atoms with van der Waals surface area (Å²) in [5.74, 6) is -1.19. The van der Waals surface area contributed by atoms with E-state index in [0.29, 0.717) is 61.8 Å². The van der Waals surface area contributed by atoms with E-state index in [2.05, 4.69) is 66.2 Å². The highest BCUT2D eigenvalue weighted by atomic mass is 16.4. The van der Waals surface area contributed by atoms with E-state index < -0.39 is 11.5 Å². The lowest BCUT2D eigenvalue weighted by Gasteiger charge is -2.40. The number of likely N-dealkylation sites (N-methyl/N-ethyl adjacent to an activating group) is 1. The minimum Gasteiger partial charge on any atom is -0.478 e. The van der Waals surface area contributed by atoms with Gasteiger partial charge in [-0.15, -0.1) is 0 Å². The van der Waals surface area contributed by atoms with E-state index in [1.54, 1.807) is 36.7 Å². The molecule has 2 saturated carbocycles. The lowest BCUT2D eigenvalue weighted by Crippen LogP contribution is -2.61. The summed E-state index contributed by atoms with van der Waals surface area (Å²) in [5, 5.41) is 17.2. The molecule has 2 aliphatic heterocycles. The number of benzene rings is 3. The number of nitrogens with zero attached hydrogens (tertiary/aromatic N) is 7. The van der Waals surface area contributed by atoms with Crippen molar-refractivity contribution in [1.29, 1.82) is 0 Å². The molecule has 2 aliphatic carbocycles. The maximum Gasteiger partial charge on any atom is 0.328 e. The number of hydrogen-bond acceptors (Lipinski definition) is 9. The Morgan fingerprint density at radius 2 is 1.60 bits per heavy atom. The van der Waals surface area contributed by atoms with Crippen molar-refractivity contribution in [3.63, 3.8) is 0 Å². The summed E-state index contributed by atoms with van der Waals surface area (Å²) < 4.78 is 2.39. The highest BCUT2D eigenvalue weighted by Gasteiger charge is 2.46. The molecule has 344 valence electrons. The van der Waals surface area contributed by atoms with E-state index >= 15 is 0 Å². The van der Waals surface area contributed by atoms with Crippen LogP contribution in [0.4, 0.5) is 11.4 Å². The zero-order chi connectivity index (χ0) is 46.2. The van der Waals surface area contributed by atoms with Crippen molar-refractivity contribution in [2.75, 3.05) is 56.0 Å². The quantitative estimate of drug-likeness (QED) is 0.108. The minimum atomic E-state index is -1.06. The lowest BCUT2D eigenvalue weighted by molar-refractivity contribution is -0.132. The number of pyridine rings is 1. The Bertz CT molecular complexity index is 2920. The van der Waals surface area contributed by atoms with E-state index in [1.807, 2.05) is 30.0 Å². The van der Waals surface area contributed by atoms with Crippen LogP contribution in [0, 0.1) is 6.92 Å². The van der Waals surface area contributed by atoms with Crippen molar-refractivity contribution in [3.05, 3.63) is 108 Å². The van der Waals surface area contributed by atoms with Crippen molar-refractivity contribution in [3.8, 4) is 22.6 Å². The van der Waals surface area contributed by atoms with Crippen LogP contribution < -0.4 is 15.5 Å². The van der Waals surface area contributed by atoms with Gasteiger partial charge >= 0.3 is 5.97 Å². The van der Waals surface area contributed by atoms with E-state index in [1.165, 1.54) is 18.1 Å². The van der Waals surface area contributed by atoms with Crippen LogP contribution in [0.2, 0.25) is 0 Å². The Morgan fingerprint density at radius 3 is 2.31 bits per heavy atom. The smallest absolute Gasteiger partial charge is 0.328 e. The number of hydrogen-bond donors (Lipinski definition) is 3. The van der Waals surface area contributed by atoms with Gasteiger partial charge in [-0.2, -0.15) is 0 Å². The molecule has 0 atom stereocenters. The summed E-state index contributed by atoms with van der Waals surface area (Å²) in [5.41, 5.74) is 9.21. The van der Waals surface area contributed by atoms with E-state index in [4.69, 9.17) is 10.1 Å². The second-order valence-electron chi connectivity index (χ2n) is 18.6. The van der Waals surface area contributed by atoms with Gasteiger partial charge in [0.2, 0.25) is 11.8 Å². The number of aryl methyl sites for hydroxylation is 1. The molecule has 0 radical (unpaired) electrons. The number of fused-ring (bicyclic) bond motifs is 7. The van der Waals surface area contributed by atoms with Crippen LogP contribution in [-0.4, -0.2) is 109 Å². The highest BCUT2D eigenvalue weighted by Crippen LogP contribution is 2.49. The first kappa shape index (κ1) is 43.9. The molecular formula is C53H57N9O5. The Labute approximate surface area is 390 Å². The summed E-state index contributed by atoms with van der Waals surface area (Å²) in [7, 11) is 0. The van der Waals surface area contributed by atoms with Crippen LogP contribution in [-0.2, 0) is 20.9 Å². The van der Waals surface area contributed by atoms with Gasteiger partial charge in [-0.1, -0.05) is 44.4 Å². The predicted molar refractivity (Wildman–Crippen MR) is 261 cm³/mol. The van der Waals surface area contributed by atoms with Gasteiger partial charge < -0.3 is 35.0 Å². The molecule has 6 aromatic rings. The van der Waals surface area contributed by atoms with E-state index in [9.17, 15) is 19.2 Å². The number of amides is 3. The highest BCUT2D eigenvalue weighted by molar-refractivity contribution is 6.08. The fourth-order valence-corrected chi connectivity index (χ4v) is 10.7. The molecule has 3 N–H and O–H groups in total. The summed E-state index contributed by atoms with van der Waals surface area (Å²) in [4.78, 5) is 74.5. The third kappa shape index (κ3) is 8.54. The third-order valence-electron chi connectivity index (χ3n) is 14.6. The molecule has 0 spiro atoms. The van der Waals surface area contributed by atoms with Crippen molar-refractivity contribution in [1.82, 2.24) is 34.6 Å². The molecule has 0 bridgehead atoms. The van der Waals surface area contributed by atoms with Crippen LogP contribution in [0.1, 0.15) is 91.4 Å². The number of nitrogens with one attached hydrogen (secondary N) is 2. The first-order chi connectivity index (χ1) is 32.6. The Balaban J connectivity index is 1.03. The first-order valence-electron chi connectivity index (χ1n) is 23.9. The molecule has 3 fully saturated rings. The molecule has 3 aromatic heterocycles. The number of carbonyl (C=O) groups excluding carboxylic acids is 3. The van der Waals surface area contributed by atoms with Crippen LogP contribution in [0.3, 0.4) is 0 Å². The molecule has 14 heteroatoms. The SMILES string of the molecule is CCN1CCN(C(=O)CN2CCn3c(c(C4CCCCC4)c4ccc(C(=O)NC5(C(=O)Nc6ccc(C=CC(=O)O)cc6)CCC5)cc43)-c3ccc4nc(-c5nccnc5C)ccc4c32)CC1. The molecule has 3 aromatic carbocycles. The van der Waals surface area contributed by atoms with Gasteiger partial charge in [0.05, 0.1) is 34.8 Å². The van der Waals surface area contributed by atoms with Gasteiger partial charge in [-0.25, -0.2) is 9.78 Å². The minimum absolute atomic E-state index is 0.111. The average molecular weight is 900 g/mol. The summed E-state index contributed by atoms with van der Waals surface area (Å²) in [6, 6.07) is 21.4. The van der Waals surface area contributed by atoms with Crippen LogP contribution in [0.15, 0.2) is 85.2 Å². The third-order valence-corrected chi connectivity index (χ3v) is 14.6. The molecule has 67 heavy (non-hydrogen) atoms. The fourth-order valence-electron chi connectivity index (χ4n) is 10.7. The van der Waals surface area contributed by atoms with Crippen molar-refractivity contribution < 1.29 is 24.3 Å². The molecule has 0 unspecified atom stereocenters. The maximum atomic E-state index is 14.4. The predicted octanol–water partition coefficient (Wildman–Crippen LogP) is 8.04. The first-order valence-corrected chi connectivity index (χ1v) is 23.9. The van der Waals surface area contributed by atoms with Crippen molar-refractivity contribution in [2.45, 2.75) is 83.2 Å². The maximum absolute atomic E-state index is 14.4. The molecule has 5 heterocycles. The van der Waals surface area contributed by atoms with Crippen molar-refractivity contribution >= 4 is 62.9 Å². The standard InChI is InChI=1S/C53H57N9O5/c1-3-59-26-28-60(29-27-59)45(63)33-61-30-31-62-44-32-37(51(66)58-53(22-7-23-53)52(67)56-38-14-10-35(11-15-38)12-21-46(64)65)13-16-40(44)47(36-8-5-4-6-9-36)50(62)41-18-19-42-39(49(41)61)17-20-43(57-42)48-34(2)54-24-25-55-48/h10-21,24-25,32,36H,3-9,22-23,26-31,33H2,1-2H3,(H,56,67)(H,58,66)(H,64,65). The molecule has 14 nitrogen and oxygen atoms in total. The second-order valence-corrected chi connectivity index (χ2v) is 18.6. The van der Waals surface area contributed by atoms with Crippen LogP contribution in [0.25, 0.3) is 50.5 Å². The van der Waals surface area contributed by atoms with Gasteiger partial charge in [0.15, 0.2) is 0 Å². The molecule has 4 aliphatic rings. The fraction of sp³-hybridized carbons (Fsp3) is 0.377. The van der Waals surface area contributed by atoms with Gasteiger partial charge in [0.1, 0.15) is 11.2 Å². The number of carboxylic acids is 1. The molecule has 3 amide bonds. The Morgan fingerprint density at radius 1 is 0.836 bits per heavy atom. The Kier molecular flexibility index (Phi) is 12.1. The normalized spacial score (nSPS) is 17.5. The van der Waals surface area contributed by atoms with E-state index in [0.717, 1.165) is 114 Å². The number of aliphatic carboxylic acids is 1. The average Bonchev–Trinajstić information content (AvgIpc) is 3.57. The monoisotopic (exact) mass is 899 g/mol. The molecule has 10 rings (SSSR count). The number of aromatic nitrogens is 4. The lowest BCUT2D eigenvalue weighted by atomic mass is 9.75. The topological polar surface area (TPSA) is 166 Å². The van der Waals surface area contributed by atoms with Crippen molar-refractivity contribution in [2.24, 2.45) is 0 Å². The number of rotatable bonds is 11. The Hall–Kier alpha value is -6.93. The van der Waals surface area contributed by atoms with Gasteiger partial charge in [0, 0.05) is 90.8 Å². The van der Waals surface area contributed by atoms with Gasteiger partial charge in [-0.3, -0.25) is 24.4 Å². The number of carboxylic acid groups (broad SMARTS) is 1. The molecule has 1 saturated heterocycles.